The zero-order chi connectivity index (χ0) is 17.7. The van der Waals surface area contributed by atoms with Crippen molar-refractivity contribution in [2.75, 3.05) is 31.5 Å². The van der Waals surface area contributed by atoms with Gasteiger partial charge in [0.1, 0.15) is 0 Å². The first-order chi connectivity index (χ1) is 11.1. The first-order valence-corrected chi connectivity index (χ1v) is 9.29. The first-order valence-electron chi connectivity index (χ1n) is 7.85. The van der Waals surface area contributed by atoms with Gasteiger partial charge in [0.25, 0.3) is 0 Å². The second kappa shape index (κ2) is 5.56. The van der Waals surface area contributed by atoms with E-state index >= 15 is 0 Å². The molecule has 1 saturated heterocycles. The van der Waals surface area contributed by atoms with E-state index in [1.807, 2.05) is 0 Å². The normalized spacial score (nSPS) is 20.6. The van der Waals surface area contributed by atoms with E-state index in [2.05, 4.69) is 5.32 Å². The summed E-state index contributed by atoms with van der Waals surface area (Å²) in [6.07, 6.45) is 0. The third kappa shape index (κ3) is 2.59. The molecule has 7 nitrogen and oxygen atoms in total. The molecule has 0 unspecified atom stereocenters. The molecule has 3 rings (SSSR count). The van der Waals surface area contributed by atoms with Gasteiger partial charge in [0.2, 0.25) is 21.8 Å². The van der Waals surface area contributed by atoms with Crippen molar-refractivity contribution in [3.8, 4) is 0 Å². The minimum absolute atomic E-state index is 0.0454. The Morgan fingerprint density at radius 3 is 2.38 bits per heavy atom. The lowest BCUT2D eigenvalue weighted by Crippen LogP contribution is -2.49. The predicted molar refractivity (Wildman–Crippen MR) is 89.1 cm³/mol. The SMILES string of the molecule is CC(=O)N1CCN(S(=O)(=O)c2ccc3c(c2)C(C)(C)C(=O)N3)CC1. The Balaban J connectivity index is 1.89. The van der Waals surface area contributed by atoms with Gasteiger partial charge in [0, 0.05) is 38.8 Å². The van der Waals surface area contributed by atoms with Gasteiger partial charge in [-0.15, -0.1) is 0 Å². The maximum absolute atomic E-state index is 12.9. The van der Waals surface area contributed by atoms with Crippen molar-refractivity contribution in [3.63, 3.8) is 0 Å². The highest BCUT2D eigenvalue weighted by Gasteiger charge is 2.39. The van der Waals surface area contributed by atoms with E-state index in [4.69, 9.17) is 0 Å². The Morgan fingerprint density at radius 1 is 1.17 bits per heavy atom. The molecule has 24 heavy (non-hydrogen) atoms. The van der Waals surface area contributed by atoms with Gasteiger partial charge in [-0.1, -0.05) is 0 Å². The van der Waals surface area contributed by atoms with Crippen LogP contribution in [0.25, 0.3) is 0 Å². The van der Waals surface area contributed by atoms with Crippen molar-refractivity contribution in [2.45, 2.75) is 31.1 Å². The van der Waals surface area contributed by atoms with Crippen LogP contribution in [0.2, 0.25) is 0 Å². The molecule has 1 fully saturated rings. The summed E-state index contributed by atoms with van der Waals surface area (Å²) >= 11 is 0. The monoisotopic (exact) mass is 351 g/mol. The van der Waals surface area contributed by atoms with Gasteiger partial charge in [-0.2, -0.15) is 4.31 Å². The third-order valence-electron chi connectivity index (χ3n) is 4.80. The van der Waals surface area contributed by atoms with Crippen LogP contribution in [0.4, 0.5) is 5.69 Å². The number of nitrogens with zero attached hydrogens (tertiary/aromatic N) is 2. The molecule has 0 aliphatic carbocycles. The standard InChI is InChI=1S/C16H21N3O4S/c1-11(20)18-6-8-19(9-7-18)24(22,23)12-4-5-14-13(10-12)16(2,3)15(21)17-14/h4-5,10H,6-9H2,1-3H3,(H,17,21). The molecular weight excluding hydrogens is 330 g/mol. The number of anilines is 1. The summed E-state index contributed by atoms with van der Waals surface area (Å²) in [5.41, 5.74) is 0.593. The second-order valence-electron chi connectivity index (χ2n) is 6.70. The van der Waals surface area contributed by atoms with Crippen molar-refractivity contribution in [1.82, 2.24) is 9.21 Å². The molecule has 1 aromatic carbocycles. The van der Waals surface area contributed by atoms with Gasteiger partial charge in [-0.05, 0) is 37.6 Å². The highest BCUT2D eigenvalue weighted by atomic mass is 32.2. The number of amides is 2. The Labute approximate surface area is 141 Å². The minimum atomic E-state index is -3.64. The fourth-order valence-corrected chi connectivity index (χ4v) is 4.55. The van der Waals surface area contributed by atoms with Gasteiger partial charge in [0.15, 0.2) is 0 Å². The summed E-state index contributed by atoms with van der Waals surface area (Å²) in [5.74, 6) is -0.182. The van der Waals surface area contributed by atoms with Gasteiger partial charge in [-0.3, -0.25) is 9.59 Å². The van der Waals surface area contributed by atoms with Crippen LogP contribution in [0.3, 0.4) is 0 Å². The summed E-state index contributed by atoms with van der Waals surface area (Å²) < 4.78 is 27.1. The minimum Gasteiger partial charge on any atom is -0.340 e. The third-order valence-corrected chi connectivity index (χ3v) is 6.70. The molecule has 0 aromatic heterocycles. The Morgan fingerprint density at radius 2 is 1.79 bits per heavy atom. The zero-order valence-corrected chi connectivity index (χ0v) is 14.8. The number of hydrogen-bond donors (Lipinski definition) is 1. The lowest BCUT2D eigenvalue weighted by Gasteiger charge is -2.33. The van der Waals surface area contributed by atoms with Gasteiger partial charge in [0.05, 0.1) is 10.3 Å². The van der Waals surface area contributed by atoms with E-state index < -0.39 is 15.4 Å². The molecule has 8 heteroatoms. The highest BCUT2D eigenvalue weighted by molar-refractivity contribution is 7.89. The van der Waals surface area contributed by atoms with Crippen LogP contribution in [0.1, 0.15) is 26.3 Å². The second-order valence-corrected chi connectivity index (χ2v) is 8.63. The lowest BCUT2D eigenvalue weighted by atomic mass is 9.86. The fourth-order valence-electron chi connectivity index (χ4n) is 3.10. The lowest BCUT2D eigenvalue weighted by molar-refractivity contribution is -0.130. The van der Waals surface area contributed by atoms with Crippen LogP contribution in [0.15, 0.2) is 23.1 Å². The van der Waals surface area contributed by atoms with E-state index in [0.717, 1.165) is 0 Å². The first kappa shape index (κ1) is 16.9. The number of carbonyl (C=O) groups excluding carboxylic acids is 2. The number of sulfonamides is 1. The molecule has 1 N–H and O–H groups in total. The van der Waals surface area contributed by atoms with Gasteiger partial charge < -0.3 is 10.2 Å². The average molecular weight is 351 g/mol. The number of nitrogens with one attached hydrogen (secondary N) is 1. The highest BCUT2D eigenvalue weighted by Crippen LogP contribution is 2.38. The van der Waals surface area contributed by atoms with Crippen molar-refractivity contribution in [2.24, 2.45) is 0 Å². The summed E-state index contributed by atoms with van der Waals surface area (Å²) in [4.78, 5) is 25.2. The average Bonchev–Trinajstić information content (AvgIpc) is 2.77. The number of rotatable bonds is 2. The molecule has 0 saturated carbocycles. The van der Waals surface area contributed by atoms with Crippen LogP contribution in [0.5, 0.6) is 0 Å². The number of benzene rings is 1. The van der Waals surface area contributed by atoms with E-state index in [-0.39, 0.29) is 29.8 Å². The molecule has 2 heterocycles. The van der Waals surface area contributed by atoms with Crippen molar-refractivity contribution in [1.29, 1.82) is 0 Å². The number of piperazine rings is 1. The topological polar surface area (TPSA) is 86.8 Å². The molecular formula is C16H21N3O4S. The Bertz CT molecular complexity index is 809. The summed E-state index contributed by atoms with van der Waals surface area (Å²) in [5, 5.41) is 2.77. The molecule has 0 bridgehead atoms. The Hall–Kier alpha value is -1.93. The molecule has 2 amide bonds. The van der Waals surface area contributed by atoms with Crippen molar-refractivity contribution < 1.29 is 18.0 Å². The molecule has 0 atom stereocenters. The number of hydrogen-bond acceptors (Lipinski definition) is 4. The molecule has 2 aliphatic heterocycles. The van der Waals surface area contributed by atoms with Crippen LogP contribution >= 0.6 is 0 Å². The summed E-state index contributed by atoms with van der Waals surface area (Å²) in [6, 6.07) is 4.74. The van der Waals surface area contributed by atoms with E-state index in [9.17, 15) is 18.0 Å². The predicted octanol–water partition coefficient (Wildman–Crippen LogP) is 0.769. The van der Waals surface area contributed by atoms with Crippen LogP contribution in [0, 0.1) is 0 Å². The van der Waals surface area contributed by atoms with Crippen LogP contribution < -0.4 is 5.32 Å². The van der Waals surface area contributed by atoms with Crippen LogP contribution in [-0.4, -0.2) is 55.6 Å². The molecule has 0 radical (unpaired) electrons. The molecule has 1 aromatic rings. The van der Waals surface area contributed by atoms with E-state index in [0.29, 0.717) is 24.3 Å². The van der Waals surface area contributed by atoms with E-state index in [1.165, 1.54) is 17.3 Å². The van der Waals surface area contributed by atoms with Crippen molar-refractivity contribution in [3.05, 3.63) is 23.8 Å². The van der Waals surface area contributed by atoms with Crippen molar-refractivity contribution >= 4 is 27.5 Å². The zero-order valence-electron chi connectivity index (χ0n) is 14.0. The smallest absolute Gasteiger partial charge is 0.243 e. The summed E-state index contributed by atoms with van der Waals surface area (Å²) in [7, 11) is -3.64. The quantitative estimate of drug-likeness (QED) is 0.853. The summed E-state index contributed by atoms with van der Waals surface area (Å²) in [6.45, 7) is 6.37. The molecule has 130 valence electrons. The van der Waals surface area contributed by atoms with Crippen LogP contribution in [-0.2, 0) is 25.0 Å². The largest absolute Gasteiger partial charge is 0.340 e. The van der Waals surface area contributed by atoms with Gasteiger partial charge in [-0.25, -0.2) is 8.42 Å². The van der Waals surface area contributed by atoms with Gasteiger partial charge >= 0.3 is 0 Å². The maximum Gasteiger partial charge on any atom is 0.243 e. The number of carbonyl (C=O) groups is 2. The number of fused-ring (bicyclic) bond motifs is 1. The fraction of sp³-hybridized carbons (Fsp3) is 0.500. The van der Waals surface area contributed by atoms with E-state index in [1.54, 1.807) is 30.9 Å². The maximum atomic E-state index is 12.9. The Kier molecular flexibility index (Phi) is 3.92. The molecule has 0 spiro atoms. The molecule has 2 aliphatic rings.